The van der Waals surface area contributed by atoms with Crippen molar-refractivity contribution < 1.29 is 45.8 Å². The summed E-state index contributed by atoms with van der Waals surface area (Å²) in [6.07, 6.45) is -1.08. The highest BCUT2D eigenvalue weighted by Crippen LogP contribution is 2.32. The van der Waals surface area contributed by atoms with Gasteiger partial charge in [0.1, 0.15) is 18.6 Å². The number of anilines is 1. The van der Waals surface area contributed by atoms with Gasteiger partial charge in [0.05, 0.1) is 24.2 Å². The number of ether oxygens (including phenoxy) is 1. The number of nitrogens with zero attached hydrogens (tertiary/aromatic N) is 3. The molecule has 0 spiro atoms. The molecule has 14 nitrogen and oxygen atoms in total. The summed E-state index contributed by atoms with van der Waals surface area (Å²) in [5, 5.41) is 20.0. The van der Waals surface area contributed by atoms with E-state index in [1.54, 1.807) is 43.3 Å². The Morgan fingerprint density at radius 2 is 1.65 bits per heavy atom. The SMILES string of the molecule is CC(NC(=O)CC(=O)Nc1ccc(C(=N)N)cc1)c1ccc(S(=O)(=O)N2CCOCC2)c(-c2cncnc2)c1.O=C(O)C(F)(F)F. The van der Waals surface area contributed by atoms with Gasteiger partial charge in [-0.2, -0.15) is 17.5 Å². The molecule has 1 unspecified atom stereocenters. The molecule has 246 valence electrons. The number of carbonyl (C=O) groups is 3. The third-order valence-corrected chi connectivity index (χ3v) is 8.34. The first-order valence-electron chi connectivity index (χ1n) is 13.4. The molecular formula is C28H30F3N7O7S. The summed E-state index contributed by atoms with van der Waals surface area (Å²) in [5.74, 6) is -3.86. The Hall–Kier alpha value is -4.94. The lowest BCUT2D eigenvalue weighted by Crippen LogP contribution is -2.40. The third kappa shape index (κ3) is 9.78. The molecule has 2 aromatic carbocycles. The molecule has 1 saturated heterocycles. The quantitative estimate of drug-likeness (QED) is 0.128. The van der Waals surface area contributed by atoms with E-state index in [-0.39, 0.29) is 23.8 Å². The minimum atomic E-state index is -5.08. The van der Waals surface area contributed by atoms with Crippen LogP contribution in [0.5, 0.6) is 0 Å². The highest BCUT2D eigenvalue weighted by atomic mass is 32.2. The number of carbonyl (C=O) groups excluding carboxylic acids is 2. The lowest BCUT2D eigenvalue weighted by Gasteiger charge is -2.27. The second-order valence-electron chi connectivity index (χ2n) is 9.71. The first kappa shape index (κ1) is 35.5. The maximum atomic E-state index is 13.5. The van der Waals surface area contributed by atoms with Crippen LogP contribution in [-0.4, -0.2) is 83.9 Å². The lowest BCUT2D eigenvalue weighted by molar-refractivity contribution is -0.192. The first-order chi connectivity index (χ1) is 21.6. The summed E-state index contributed by atoms with van der Waals surface area (Å²) in [4.78, 5) is 42.0. The monoisotopic (exact) mass is 665 g/mol. The van der Waals surface area contributed by atoms with E-state index < -0.39 is 46.4 Å². The summed E-state index contributed by atoms with van der Waals surface area (Å²) in [6.45, 7) is 2.89. The Morgan fingerprint density at radius 3 is 2.20 bits per heavy atom. The van der Waals surface area contributed by atoms with Crippen LogP contribution in [0.15, 0.2) is 66.1 Å². The van der Waals surface area contributed by atoms with Gasteiger partial charge >= 0.3 is 12.1 Å². The van der Waals surface area contributed by atoms with Gasteiger partial charge in [0.2, 0.25) is 21.8 Å². The van der Waals surface area contributed by atoms with Gasteiger partial charge in [0, 0.05) is 47.9 Å². The fourth-order valence-corrected chi connectivity index (χ4v) is 5.69. The summed E-state index contributed by atoms with van der Waals surface area (Å²) in [5.41, 5.74) is 7.99. The van der Waals surface area contributed by atoms with Crippen LogP contribution in [-0.2, 0) is 29.1 Å². The normalized spacial score (nSPS) is 14.3. The second-order valence-corrected chi connectivity index (χ2v) is 11.6. The number of alkyl halides is 3. The zero-order chi connectivity index (χ0) is 34.1. The van der Waals surface area contributed by atoms with Gasteiger partial charge in [-0.05, 0) is 48.9 Å². The van der Waals surface area contributed by atoms with Crippen LogP contribution >= 0.6 is 0 Å². The molecule has 2 amide bonds. The number of benzene rings is 2. The number of morpholine rings is 1. The van der Waals surface area contributed by atoms with Crippen LogP contribution in [0.1, 0.15) is 30.5 Å². The molecule has 1 atom stereocenters. The smallest absolute Gasteiger partial charge is 0.475 e. The Kier molecular flexibility index (Phi) is 11.9. The minimum Gasteiger partial charge on any atom is -0.475 e. The number of nitrogens with two attached hydrogens (primary N) is 1. The van der Waals surface area contributed by atoms with E-state index in [0.29, 0.717) is 41.2 Å². The van der Waals surface area contributed by atoms with Gasteiger partial charge in [-0.3, -0.25) is 15.0 Å². The van der Waals surface area contributed by atoms with E-state index in [0.717, 1.165) is 0 Å². The maximum absolute atomic E-state index is 13.5. The molecular weight excluding hydrogens is 635 g/mol. The number of nitrogens with one attached hydrogen (secondary N) is 3. The Balaban J connectivity index is 0.000000738. The number of carboxylic acids is 1. The highest BCUT2D eigenvalue weighted by molar-refractivity contribution is 7.89. The number of amides is 2. The molecule has 0 bridgehead atoms. The van der Waals surface area contributed by atoms with Gasteiger partial charge in [-0.1, -0.05) is 6.07 Å². The number of halogens is 3. The van der Waals surface area contributed by atoms with Crippen molar-refractivity contribution in [2.24, 2.45) is 5.73 Å². The molecule has 2 heterocycles. The van der Waals surface area contributed by atoms with Crippen molar-refractivity contribution in [3.63, 3.8) is 0 Å². The fourth-order valence-electron chi connectivity index (χ4n) is 4.09. The van der Waals surface area contributed by atoms with Crippen LogP contribution in [0, 0.1) is 5.41 Å². The number of aliphatic carboxylic acids is 1. The van der Waals surface area contributed by atoms with Crippen LogP contribution in [0.2, 0.25) is 0 Å². The number of sulfonamides is 1. The number of rotatable bonds is 9. The van der Waals surface area contributed by atoms with Crippen molar-refractivity contribution >= 4 is 39.3 Å². The number of amidine groups is 1. The molecule has 1 aliphatic rings. The summed E-state index contributed by atoms with van der Waals surface area (Å²) < 4.78 is 65.3. The Bertz CT molecular complexity index is 1670. The second kappa shape index (κ2) is 15.4. The maximum Gasteiger partial charge on any atom is 0.490 e. The largest absolute Gasteiger partial charge is 0.490 e. The van der Waals surface area contributed by atoms with Crippen molar-refractivity contribution in [2.75, 3.05) is 31.6 Å². The van der Waals surface area contributed by atoms with E-state index in [1.807, 2.05) is 0 Å². The standard InChI is InChI=1S/C26H29N7O5S.C2HF3O2/c1-17(31-24(34)13-25(35)32-21-5-2-18(3-6-21)26(27)28)19-4-7-23(22(12-19)20-14-29-16-30-15-20)39(36,37)33-8-10-38-11-9-33;3-2(4,5)1(6)7/h2-7,12,14-17H,8-11,13H2,1H3,(H3,27,28)(H,31,34)(H,32,35);(H,6,7). The molecule has 1 aliphatic heterocycles. The van der Waals surface area contributed by atoms with Gasteiger partial charge in [-0.15, -0.1) is 0 Å². The number of carboxylic acid groups (broad SMARTS) is 1. The van der Waals surface area contributed by atoms with Crippen molar-refractivity contribution in [3.8, 4) is 11.1 Å². The van der Waals surface area contributed by atoms with Crippen molar-refractivity contribution in [1.29, 1.82) is 5.41 Å². The first-order valence-corrected chi connectivity index (χ1v) is 14.8. The molecule has 1 aromatic heterocycles. The molecule has 46 heavy (non-hydrogen) atoms. The molecule has 0 saturated carbocycles. The van der Waals surface area contributed by atoms with Crippen LogP contribution in [0.25, 0.3) is 11.1 Å². The van der Waals surface area contributed by atoms with Crippen LogP contribution < -0.4 is 16.4 Å². The van der Waals surface area contributed by atoms with Crippen molar-refractivity contribution in [1.82, 2.24) is 19.6 Å². The summed E-state index contributed by atoms with van der Waals surface area (Å²) in [7, 11) is -3.82. The Morgan fingerprint density at radius 1 is 1.07 bits per heavy atom. The van der Waals surface area contributed by atoms with E-state index in [4.69, 9.17) is 25.8 Å². The number of hydrogen-bond acceptors (Lipinski definition) is 9. The highest BCUT2D eigenvalue weighted by Gasteiger charge is 2.38. The molecule has 0 radical (unpaired) electrons. The molecule has 0 aliphatic carbocycles. The van der Waals surface area contributed by atoms with Crippen molar-refractivity contribution in [3.05, 3.63) is 72.3 Å². The van der Waals surface area contributed by atoms with E-state index in [2.05, 4.69) is 20.6 Å². The number of aromatic nitrogens is 2. The van der Waals surface area contributed by atoms with E-state index in [1.165, 1.54) is 29.1 Å². The van der Waals surface area contributed by atoms with E-state index in [9.17, 15) is 31.2 Å². The summed E-state index contributed by atoms with van der Waals surface area (Å²) >= 11 is 0. The topological polar surface area (TPSA) is 218 Å². The van der Waals surface area contributed by atoms with Gasteiger partial charge in [-0.25, -0.2) is 23.2 Å². The lowest BCUT2D eigenvalue weighted by atomic mass is 10.0. The molecule has 6 N–H and O–H groups in total. The van der Waals surface area contributed by atoms with Crippen molar-refractivity contribution in [2.45, 2.75) is 30.5 Å². The zero-order valence-corrected chi connectivity index (χ0v) is 25.1. The number of hydrogen-bond donors (Lipinski definition) is 5. The molecule has 3 aromatic rings. The predicted molar refractivity (Wildman–Crippen MR) is 158 cm³/mol. The predicted octanol–water partition coefficient (Wildman–Crippen LogP) is 2.29. The van der Waals surface area contributed by atoms with Gasteiger partial charge < -0.3 is 26.2 Å². The third-order valence-electron chi connectivity index (χ3n) is 6.38. The molecule has 18 heteroatoms. The molecule has 1 fully saturated rings. The van der Waals surface area contributed by atoms with Gasteiger partial charge in [0.15, 0.2) is 0 Å². The van der Waals surface area contributed by atoms with Crippen LogP contribution in [0.3, 0.4) is 0 Å². The van der Waals surface area contributed by atoms with Gasteiger partial charge in [0.25, 0.3) is 0 Å². The fraction of sp³-hybridized carbons (Fsp3) is 0.286. The summed E-state index contributed by atoms with van der Waals surface area (Å²) in [6, 6.07) is 10.7. The molecule has 4 rings (SSSR count). The van der Waals surface area contributed by atoms with E-state index >= 15 is 0 Å². The average molecular weight is 666 g/mol. The minimum absolute atomic E-state index is 0.0871. The average Bonchev–Trinajstić information content (AvgIpc) is 3.01. The zero-order valence-electron chi connectivity index (χ0n) is 24.2. The Labute approximate surface area is 261 Å². The number of nitrogen functional groups attached to an aromatic ring is 1. The van der Waals surface area contributed by atoms with Crippen LogP contribution in [0.4, 0.5) is 18.9 Å².